The molecule has 4 N–H and O–H groups in total. The summed E-state index contributed by atoms with van der Waals surface area (Å²) in [4.78, 5) is 0. The van der Waals surface area contributed by atoms with E-state index < -0.39 is 0 Å². The van der Waals surface area contributed by atoms with Crippen LogP contribution in [0.2, 0.25) is 0 Å². The second-order valence-electron chi connectivity index (χ2n) is 6.15. The Morgan fingerprint density at radius 3 is 2.70 bits per heavy atom. The molecule has 3 unspecified atom stereocenters. The molecule has 2 rings (SSSR count). The molecule has 1 aromatic rings. The Bertz CT molecular complexity index is 433. The van der Waals surface area contributed by atoms with Crippen LogP contribution >= 0.6 is 0 Å². The largest absolute Gasteiger partial charge is 0.396 e. The number of nitrogens with one attached hydrogen (secondary N) is 1. The fourth-order valence-corrected chi connectivity index (χ4v) is 3.41. The Kier molecular flexibility index (Phi) is 5.58. The van der Waals surface area contributed by atoms with Gasteiger partial charge in [0.05, 0.1) is 0 Å². The predicted molar refractivity (Wildman–Crippen MR) is 83.7 cm³/mol. The number of nitrogens with two attached hydrogens (primary N) is 1. The molecule has 1 aliphatic rings. The number of hydrogen-bond acceptors (Lipinski definition) is 3. The van der Waals surface area contributed by atoms with Gasteiger partial charge in [-0.25, -0.2) is 0 Å². The first-order valence-electron chi connectivity index (χ1n) is 7.79. The topological polar surface area (TPSA) is 58.3 Å². The Labute approximate surface area is 122 Å². The van der Waals surface area contributed by atoms with Crippen molar-refractivity contribution in [2.45, 2.75) is 51.6 Å². The number of hydrogen-bond donors (Lipinski definition) is 3. The zero-order valence-electron chi connectivity index (χ0n) is 12.7. The molecule has 0 aliphatic heterocycles. The molecule has 0 heterocycles. The highest BCUT2D eigenvalue weighted by atomic mass is 16.3. The third-order valence-electron chi connectivity index (χ3n) is 4.60. The molecule has 3 atom stereocenters. The molecule has 0 amide bonds. The van der Waals surface area contributed by atoms with Gasteiger partial charge in [0.1, 0.15) is 0 Å². The lowest BCUT2D eigenvalue weighted by Gasteiger charge is -2.34. The highest BCUT2D eigenvalue weighted by Crippen LogP contribution is 2.27. The van der Waals surface area contributed by atoms with Gasteiger partial charge >= 0.3 is 0 Å². The maximum absolute atomic E-state index is 9.54. The highest BCUT2D eigenvalue weighted by molar-refractivity contribution is 5.33. The van der Waals surface area contributed by atoms with E-state index in [4.69, 9.17) is 5.73 Å². The van der Waals surface area contributed by atoms with Crippen LogP contribution in [0.25, 0.3) is 0 Å². The van der Waals surface area contributed by atoms with Crippen LogP contribution in [-0.2, 0) is 0 Å². The number of aliphatic hydroxyl groups excluding tert-OH is 1. The third kappa shape index (κ3) is 3.60. The van der Waals surface area contributed by atoms with Gasteiger partial charge < -0.3 is 16.2 Å². The standard InChI is InChI=1S/C17H28N2O/c1-12-7-8-15(13(2)9-12)17(10-18)19-16-6-4-3-5-14(16)11-20/h7-9,14,16-17,19-20H,3-6,10-11,18H2,1-2H3. The van der Waals surface area contributed by atoms with Gasteiger partial charge in [0.2, 0.25) is 0 Å². The van der Waals surface area contributed by atoms with E-state index in [1.807, 2.05) is 0 Å². The number of aryl methyl sites for hydroxylation is 2. The molecular weight excluding hydrogens is 248 g/mol. The van der Waals surface area contributed by atoms with Crippen LogP contribution in [0.15, 0.2) is 18.2 Å². The van der Waals surface area contributed by atoms with Gasteiger partial charge in [-0.2, -0.15) is 0 Å². The summed E-state index contributed by atoms with van der Waals surface area (Å²) >= 11 is 0. The minimum atomic E-state index is 0.188. The number of aliphatic hydroxyl groups is 1. The lowest BCUT2D eigenvalue weighted by Crippen LogP contribution is -2.44. The van der Waals surface area contributed by atoms with E-state index in [2.05, 4.69) is 37.4 Å². The van der Waals surface area contributed by atoms with Crippen LogP contribution in [0.4, 0.5) is 0 Å². The van der Waals surface area contributed by atoms with Crippen molar-refractivity contribution < 1.29 is 5.11 Å². The van der Waals surface area contributed by atoms with Crippen molar-refractivity contribution in [1.82, 2.24) is 5.32 Å². The Balaban J connectivity index is 2.11. The van der Waals surface area contributed by atoms with Gasteiger partial charge in [0.15, 0.2) is 0 Å². The summed E-state index contributed by atoms with van der Waals surface area (Å²) in [6.07, 6.45) is 4.75. The van der Waals surface area contributed by atoms with Gasteiger partial charge in [-0.05, 0) is 43.7 Å². The monoisotopic (exact) mass is 276 g/mol. The first-order valence-corrected chi connectivity index (χ1v) is 7.79. The number of benzene rings is 1. The molecule has 3 heteroatoms. The molecule has 3 nitrogen and oxygen atoms in total. The van der Waals surface area contributed by atoms with E-state index in [1.165, 1.54) is 29.5 Å². The quantitative estimate of drug-likeness (QED) is 0.774. The highest BCUT2D eigenvalue weighted by Gasteiger charge is 2.27. The molecule has 1 saturated carbocycles. The maximum Gasteiger partial charge on any atom is 0.0474 e. The first kappa shape index (κ1) is 15.5. The summed E-state index contributed by atoms with van der Waals surface area (Å²) < 4.78 is 0. The van der Waals surface area contributed by atoms with Gasteiger partial charge in [0, 0.05) is 25.2 Å². The van der Waals surface area contributed by atoms with Crippen LogP contribution in [0, 0.1) is 19.8 Å². The normalized spacial score (nSPS) is 24.6. The minimum Gasteiger partial charge on any atom is -0.396 e. The summed E-state index contributed by atoms with van der Waals surface area (Å²) in [5.41, 5.74) is 9.86. The summed E-state index contributed by atoms with van der Waals surface area (Å²) in [5, 5.41) is 13.2. The Morgan fingerprint density at radius 1 is 1.30 bits per heavy atom. The van der Waals surface area contributed by atoms with Crippen molar-refractivity contribution in [2.75, 3.05) is 13.2 Å². The van der Waals surface area contributed by atoms with Gasteiger partial charge in [-0.3, -0.25) is 0 Å². The van der Waals surface area contributed by atoms with Crippen LogP contribution in [0.3, 0.4) is 0 Å². The van der Waals surface area contributed by atoms with Crippen LogP contribution in [0.5, 0.6) is 0 Å². The molecule has 0 bridgehead atoms. The SMILES string of the molecule is Cc1ccc(C(CN)NC2CCCCC2CO)c(C)c1. The predicted octanol–water partition coefficient (Wildman–Crippen LogP) is 2.44. The first-order chi connectivity index (χ1) is 9.65. The lowest BCUT2D eigenvalue weighted by molar-refractivity contribution is 0.146. The van der Waals surface area contributed by atoms with Crippen LogP contribution in [-0.4, -0.2) is 24.3 Å². The van der Waals surface area contributed by atoms with Gasteiger partial charge in [-0.1, -0.05) is 36.6 Å². The van der Waals surface area contributed by atoms with E-state index in [-0.39, 0.29) is 12.6 Å². The van der Waals surface area contributed by atoms with Crippen molar-refractivity contribution in [3.63, 3.8) is 0 Å². The van der Waals surface area contributed by atoms with Crippen molar-refractivity contribution in [3.05, 3.63) is 34.9 Å². The van der Waals surface area contributed by atoms with Crippen LogP contribution in [0.1, 0.15) is 48.4 Å². The smallest absolute Gasteiger partial charge is 0.0474 e. The molecule has 1 aliphatic carbocycles. The Hall–Kier alpha value is -0.900. The molecule has 0 saturated heterocycles. The molecule has 0 spiro atoms. The molecule has 1 fully saturated rings. The molecule has 0 radical (unpaired) electrons. The molecule has 0 aromatic heterocycles. The van der Waals surface area contributed by atoms with Crippen molar-refractivity contribution in [3.8, 4) is 0 Å². The van der Waals surface area contributed by atoms with E-state index in [0.717, 1.165) is 12.8 Å². The van der Waals surface area contributed by atoms with Crippen molar-refractivity contribution in [2.24, 2.45) is 11.7 Å². The average Bonchev–Trinajstić information content (AvgIpc) is 2.46. The van der Waals surface area contributed by atoms with E-state index in [9.17, 15) is 5.11 Å². The molecule has 1 aromatic carbocycles. The van der Waals surface area contributed by atoms with Crippen molar-refractivity contribution >= 4 is 0 Å². The number of rotatable bonds is 5. The summed E-state index contributed by atoms with van der Waals surface area (Å²) in [6.45, 7) is 5.14. The molecular formula is C17H28N2O. The Morgan fingerprint density at radius 2 is 2.05 bits per heavy atom. The summed E-state index contributed by atoms with van der Waals surface area (Å²) in [7, 11) is 0. The zero-order valence-corrected chi connectivity index (χ0v) is 12.7. The molecule has 20 heavy (non-hydrogen) atoms. The fraction of sp³-hybridized carbons (Fsp3) is 0.647. The third-order valence-corrected chi connectivity index (χ3v) is 4.60. The minimum absolute atomic E-state index is 0.188. The average molecular weight is 276 g/mol. The zero-order chi connectivity index (χ0) is 14.5. The van der Waals surface area contributed by atoms with Gasteiger partial charge in [-0.15, -0.1) is 0 Å². The second kappa shape index (κ2) is 7.21. The van der Waals surface area contributed by atoms with E-state index in [1.54, 1.807) is 0 Å². The van der Waals surface area contributed by atoms with Crippen molar-refractivity contribution in [1.29, 1.82) is 0 Å². The maximum atomic E-state index is 9.54. The van der Waals surface area contributed by atoms with Crippen LogP contribution < -0.4 is 11.1 Å². The molecule has 112 valence electrons. The van der Waals surface area contributed by atoms with E-state index >= 15 is 0 Å². The summed E-state index contributed by atoms with van der Waals surface area (Å²) in [6, 6.07) is 7.13. The summed E-state index contributed by atoms with van der Waals surface area (Å²) in [5.74, 6) is 0.378. The fourth-order valence-electron chi connectivity index (χ4n) is 3.41. The second-order valence-corrected chi connectivity index (χ2v) is 6.15. The lowest BCUT2D eigenvalue weighted by atomic mass is 9.84. The van der Waals surface area contributed by atoms with E-state index in [0.29, 0.717) is 18.5 Å². The van der Waals surface area contributed by atoms with Gasteiger partial charge in [0.25, 0.3) is 0 Å².